The van der Waals surface area contributed by atoms with Crippen LogP contribution in [0.5, 0.6) is 0 Å². The summed E-state index contributed by atoms with van der Waals surface area (Å²) >= 11 is 5.98. The van der Waals surface area contributed by atoms with E-state index in [1.807, 2.05) is 18.2 Å². The monoisotopic (exact) mass is 296 g/mol. The van der Waals surface area contributed by atoms with Crippen molar-refractivity contribution >= 4 is 22.6 Å². The summed E-state index contributed by atoms with van der Waals surface area (Å²) in [5, 5.41) is 9.78. The number of ether oxygens (including phenoxy) is 2. The number of benzene rings is 1. The molecule has 2 aromatic rings. The molecule has 1 fully saturated rings. The number of fused-ring (bicyclic) bond motifs is 1. The van der Waals surface area contributed by atoms with Crippen molar-refractivity contribution < 1.29 is 14.6 Å². The molecule has 1 saturated heterocycles. The molecule has 0 saturated carbocycles. The maximum absolute atomic E-state index is 9.78. The molecule has 1 aliphatic rings. The second kappa shape index (κ2) is 5.69. The van der Waals surface area contributed by atoms with E-state index in [4.69, 9.17) is 21.1 Å². The molecule has 6 heteroatoms. The summed E-state index contributed by atoms with van der Waals surface area (Å²) in [7, 11) is 1.47. The van der Waals surface area contributed by atoms with Crippen molar-refractivity contribution in [1.29, 1.82) is 0 Å². The first-order valence-corrected chi connectivity index (χ1v) is 7.14. The molecule has 1 aromatic heterocycles. The van der Waals surface area contributed by atoms with Crippen LogP contribution in [0, 0.1) is 0 Å². The first kappa shape index (κ1) is 13.8. The largest absolute Gasteiger partial charge is 0.376 e. The zero-order valence-corrected chi connectivity index (χ0v) is 12.0. The van der Waals surface area contributed by atoms with Gasteiger partial charge in [-0.3, -0.25) is 0 Å². The Balaban J connectivity index is 2.03. The third kappa shape index (κ3) is 2.42. The number of rotatable bonds is 5. The summed E-state index contributed by atoms with van der Waals surface area (Å²) in [6.07, 6.45) is 0.356. The van der Waals surface area contributed by atoms with Crippen LogP contribution >= 0.6 is 11.6 Å². The minimum Gasteiger partial charge on any atom is -0.376 e. The van der Waals surface area contributed by atoms with Gasteiger partial charge in [0.25, 0.3) is 0 Å². The minimum absolute atomic E-state index is 0.227. The molecule has 0 aliphatic carbocycles. The van der Waals surface area contributed by atoms with Crippen LogP contribution in [0.25, 0.3) is 11.0 Å². The van der Waals surface area contributed by atoms with E-state index in [2.05, 4.69) is 9.55 Å². The summed E-state index contributed by atoms with van der Waals surface area (Å²) in [5.74, 6) is 1.17. The molecule has 20 heavy (non-hydrogen) atoms. The smallest absolute Gasteiger partial charge is 0.180 e. The molecule has 2 heterocycles. The fraction of sp³-hybridized carbons (Fsp3) is 0.500. The molecule has 108 valence electrons. The first-order chi connectivity index (χ1) is 9.72. The Labute approximate surface area is 122 Å². The number of imidazole rings is 1. The highest BCUT2D eigenvalue weighted by atomic mass is 35.5. The lowest BCUT2D eigenvalue weighted by Crippen LogP contribution is -2.31. The number of aliphatic hydroxyl groups is 1. The summed E-state index contributed by atoms with van der Waals surface area (Å²) in [5.41, 5.74) is 2.52. The highest BCUT2D eigenvalue weighted by molar-refractivity contribution is 6.16. The van der Waals surface area contributed by atoms with Crippen molar-refractivity contribution in [1.82, 2.24) is 9.55 Å². The Bertz CT molecular complexity index is 610. The highest BCUT2D eigenvalue weighted by Crippen LogP contribution is 2.25. The van der Waals surface area contributed by atoms with E-state index in [-0.39, 0.29) is 6.10 Å². The zero-order valence-electron chi connectivity index (χ0n) is 11.3. The van der Waals surface area contributed by atoms with E-state index in [9.17, 15) is 5.11 Å². The lowest BCUT2D eigenvalue weighted by atomic mass is 10.1. The predicted octanol–water partition coefficient (Wildman–Crippen LogP) is 2.20. The lowest BCUT2D eigenvalue weighted by Gasteiger charge is -2.27. The van der Waals surface area contributed by atoms with Gasteiger partial charge in [0.2, 0.25) is 0 Å². The van der Waals surface area contributed by atoms with Gasteiger partial charge >= 0.3 is 0 Å². The van der Waals surface area contributed by atoms with Crippen LogP contribution in [0.3, 0.4) is 0 Å². The maximum Gasteiger partial charge on any atom is 0.180 e. The summed E-state index contributed by atoms with van der Waals surface area (Å²) in [6.45, 7) is 1.56. The first-order valence-electron chi connectivity index (χ1n) is 6.60. The van der Waals surface area contributed by atoms with Crippen LogP contribution in [-0.2, 0) is 21.9 Å². The zero-order chi connectivity index (χ0) is 14.1. The standard InChI is InChI=1S/C14H17ClN2O3/c1-19-14(18)9-2-3-11-12(6-9)17(13(7-15)16-11)8-10-4-5-20-10/h2-3,6,10,14,18H,4-5,7-8H2,1H3/t10-,14?/m0/s1. The van der Waals surface area contributed by atoms with Gasteiger partial charge < -0.3 is 19.1 Å². The molecule has 1 N–H and O–H groups in total. The van der Waals surface area contributed by atoms with Crippen LogP contribution in [0.15, 0.2) is 18.2 Å². The Kier molecular flexibility index (Phi) is 3.94. The van der Waals surface area contributed by atoms with Crippen molar-refractivity contribution in [2.45, 2.75) is 31.2 Å². The van der Waals surface area contributed by atoms with Crippen LogP contribution in [-0.4, -0.2) is 34.5 Å². The fourth-order valence-corrected chi connectivity index (χ4v) is 2.62. The third-order valence-electron chi connectivity index (χ3n) is 3.66. The number of nitrogens with zero attached hydrogens (tertiary/aromatic N) is 2. The molecule has 3 rings (SSSR count). The second-order valence-corrected chi connectivity index (χ2v) is 5.16. The van der Waals surface area contributed by atoms with Gasteiger partial charge in [0.1, 0.15) is 5.82 Å². The molecular formula is C14H17ClN2O3. The summed E-state index contributed by atoms with van der Waals surface area (Å²) in [6, 6.07) is 5.58. The van der Waals surface area contributed by atoms with Gasteiger partial charge in [-0.1, -0.05) is 6.07 Å². The molecular weight excluding hydrogens is 280 g/mol. The average molecular weight is 297 g/mol. The quantitative estimate of drug-likeness (QED) is 0.679. The number of hydrogen-bond donors (Lipinski definition) is 1. The fourth-order valence-electron chi connectivity index (χ4n) is 2.42. The topological polar surface area (TPSA) is 56.5 Å². The SMILES string of the molecule is COC(O)c1ccc2nc(CCl)n(C[C@@H]3CCO3)c2c1. The van der Waals surface area contributed by atoms with E-state index in [1.165, 1.54) is 7.11 Å². The minimum atomic E-state index is -0.929. The Morgan fingerprint density at radius 2 is 2.40 bits per heavy atom. The van der Waals surface area contributed by atoms with Gasteiger partial charge in [-0.25, -0.2) is 4.98 Å². The van der Waals surface area contributed by atoms with E-state index < -0.39 is 6.29 Å². The van der Waals surface area contributed by atoms with Gasteiger partial charge in [0.05, 0.1) is 29.6 Å². The van der Waals surface area contributed by atoms with Crippen molar-refractivity contribution in [2.24, 2.45) is 0 Å². The number of halogens is 1. The second-order valence-electron chi connectivity index (χ2n) is 4.89. The molecule has 0 radical (unpaired) electrons. The molecule has 0 spiro atoms. The van der Waals surface area contributed by atoms with Crippen LogP contribution in [0.2, 0.25) is 0 Å². The number of aromatic nitrogens is 2. The van der Waals surface area contributed by atoms with Gasteiger partial charge in [0.15, 0.2) is 6.29 Å². The molecule has 0 bridgehead atoms. The van der Waals surface area contributed by atoms with E-state index in [0.717, 1.165) is 36.4 Å². The van der Waals surface area contributed by atoms with E-state index in [1.54, 1.807) is 0 Å². The van der Waals surface area contributed by atoms with E-state index in [0.29, 0.717) is 11.4 Å². The van der Waals surface area contributed by atoms with Gasteiger partial charge in [-0.2, -0.15) is 0 Å². The maximum atomic E-state index is 9.78. The molecule has 1 aromatic carbocycles. The van der Waals surface area contributed by atoms with Crippen molar-refractivity contribution in [3.05, 3.63) is 29.6 Å². The third-order valence-corrected chi connectivity index (χ3v) is 3.90. The van der Waals surface area contributed by atoms with Crippen molar-refractivity contribution in [3.8, 4) is 0 Å². The molecule has 1 aliphatic heterocycles. The number of hydrogen-bond acceptors (Lipinski definition) is 4. The molecule has 5 nitrogen and oxygen atoms in total. The van der Waals surface area contributed by atoms with Gasteiger partial charge in [0, 0.05) is 19.3 Å². The van der Waals surface area contributed by atoms with Crippen LogP contribution in [0.4, 0.5) is 0 Å². The molecule has 2 atom stereocenters. The van der Waals surface area contributed by atoms with Crippen LogP contribution in [0.1, 0.15) is 24.1 Å². The Hall–Kier alpha value is -1.14. The normalized spacial score (nSPS) is 20.1. The van der Waals surface area contributed by atoms with Crippen molar-refractivity contribution in [2.75, 3.05) is 13.7 Å². The number of alkyl halides is 1. The number of methoxy groups -OCH3 is 1. The van der Waals surface area contributed by atoms with Gasteiger partial charge in [-0.05, 0) is 18.6 Å². The number of aliphatic hydroxyl groups excluding tert-OH is 1. The predicted molar refractivity (Wildman–Crippen MR) is 75.6 cm³/mol. The van der Waals surface area contributed by atoms with Crippen molar-refractivity contribution in [3.63, 3.8) is 0 Å². The summed E-state index contributed by atoms with van der Waals surface area (Å²) < 4.78 is 12.5. The molecule has 1 unspecified atom stereocenters. The van der Waals surface area contributed by atoms with Gasteiger partial charge in [-0.15, -0.1) is 11.6 Å². The molecule has 0 amide bonds. The average Bonchev–Trinajstić information content (AvgIpc) is 2.78. The highest BCUT2D eigenvalue weighted by Gasteiger charge is 2.22. The van der Waals surface area contributed by atoms with E-state index >= 15 is 0 Å². The lowest BCUT2D eigenvalue weighted by molar-refractivity contribution is -0.0768. The Morgan fingerprint density at radius 1 is 1.60 bits per heavy atom. The van der Waals surface area contributed by atoms with Crippen LogP contribution < -0.4 is 0 Å². The Morgan fingerprint density at radius 3 is 3.00 bits per heavy atom. The summed E-state index contributed by atoms with van der Waals surface area (Å²) in [4.78, 5) is 4.52.